The number of hydrogen-bond donors (Lipinski definition) is 1. The zero-order chi connectivity index (χ0) is 18.2. The Balaban J connectivity index is 2.19. The van der Waals surface area contributed by atoms with Gasteiger partial charge in [0.2, 0.25) is 11.8 Å². The fraction of sp³-hybridized carbons (Fsp3) is 0.300. The molecule has 0 saturated heterocycles. The maximum atomic E-state index is 13.1. The lowest BCUT2D eigenvalue weighted by molar-refractivity contribution is -0.140. The first kappa shape index (κ1) is 18.6. The van der Waals surface area contributed by atoms with Crippen LogP contribution in [-0.4, -0.2) is 29.3 Å². The Kier molecular flexibility index (Phi) is 6.69. The number of likely N-dealkylation sites (N-methyl/N-ethyl adjacent to an activating group) is 1. The molecule has 5 heteroatoms. The summed E-state index contributed by atoms with van der Waals surface area (Å²) in [6.45, 7) is 4.29. The maximum absolute atomic E-state index is 13.1. The summed E-state index contributed by atoms with van der Waals surface area (Å²) in [7, 11) is 0. The summed E-state index contributed by atoms with van der Waals surface area (Å²) in [5.41, 5.74) is 1.67. The molecule has 1 atom stereocenters. The number of halogens is 1. The third-order valence-electron chi connectivity index (χ3n) is 3.98. The Morgan fingerprint density at radius 1 is 1.04 bits per heavy atom. The summed E-state index contributed by atoms with van der Waals surface area (Å²) in [6.07, 6.45) is 0.214. The Morgan fingerprint density at radius 2 is 1.68 bits per heavy atom. The van der Waals surface area contributed by atoms with E-state index < -0.39 is 6.04 Å². The maximum Gasteiger partial charge on any atom is 0.242 e. The molecule has 0 aliphatic heterocycles. The molecule has 0 bridgehead atoms. The van der Waals surface area contributed by atoms with Crippen LogP contribution in [0.25, 0.3) is 0 Å². The molecule has 0 aromatic heterocycles. The molecule has 0 radical (unpaired) electrons. The van der Waals surface area contributed by atoms with Gasteiger partial charge in [-0.25, -0.2) is 4.39 Å². The SMILES string of the molecule is CCNC(=O)[C@@H](C)N(Cc1ccc(F)cc1)C(=O)Cc1ccccc1. The third kappa shape index (κ3) is 5.41. The number of nitrogens with zero attached hydrogens (tertiary/aromatic N) is 1. The minimum atomic E-state index is -0.610. The number of hydrogen-bond acceptors (Lipinski definition) is 2. The second-order valence-electron chi connectivity index (χ2n) is 5.88. The number of carbonyl (C=O) groups excluding carboxylic acids is 2. The third-order valence-corrected chi connectivity index (χ3v) is 3.98. The van der Waals surface area contributed by atoms with Crippen LogP contribution in [0.3, 0.4) is 0 Å². The zero-order valence-electron chi connectivity index (χ0n) is 14.5. The predicted octanol–water partition coefficient (Wildman–Crippen LogP) is 2.92. The van der Waals surface area contributed by atoms with Gasteiger partial charge in [0.05, 0.1) is 6.42 Å². The fourth-order valence-corrected chi connectivity index (χ4v) is 2.56. The molecular formula is C20H23FN2O2. The molecule has 4 nitrogen and oxygen atoms in total. The van der Waals surface area contributed by atoms with Gasteiger partial charge in [-0.05, 0) is 37.1 Å². The molecule has 0 saturated carbocycles. The van der Waals surface area contributed by atoms with Crippen molar-refractivity contribution in [1.29, 1.82) is 0 Å². The van der Waals surface area contributed by atoms with Crippen LogP contribution >= 0.6 is 0 Å². The van der Waals surface area contributed by atoms with Crippen LogP contribution in [0.5, 0.6) is 0 Å². The molecule has 0 heterocycles. The van der Waals surface area contributed by atoms with Crippen molar-refractivity contribution in [2.24, 2.45) is 0 Å². The van der Waals surface area contributed by atoms with Gasteiger partial charge in [-0.15, -0.1) is 0 Å². The highest BCUT2D eigenvalue weighted by molar-refractivity contribution is 5.88. The highest BCUT2D eigenvalue weighted by Crippen LogP contribution is 2.13. The smallest absolute Gasteiger partial charge is 0.242 e. The van der Waals surface area contributed by atoms with Crippen molar-refractivity contribution in [2.75, 3.05) is 6.54 Å². The zero-order valence-corrected chi connectivity index (χ0v) is 14.5. The highest BCUT2D eigenvalue weighted by atomic mass is 19.1. The second-order valence-corrected chi connectivity index (χ2v) is 5.88. The summed E-state index contributed by atoms with van der Waals surface area (Å²) in [4.78, 5) is 26.6. The van der Waals surface area contributed by atoms with E-state index >= 15 is 0 Å². The molecule has 2 rings (SSSR count). The Morgan fingerprint density at radius 3 is 2.28 bits per heavy atom. The molecule has 0 aliphatic carbocycles. The number of benzene rings is 2. The van der Waals surface area contributed by atoms with Crippen LogP contribution in [0.2, 0.25) is 0 Å². The van der Waals surface area contributed by atoms with E-state index in [1.165, 1.54) is 17.0 Å². The monoisotopic (exact) mass is 342 g/mol. The Labute approximate surface area is 147 Å². The van der Waals surface area contributed by atoms with Crippen molar-refractivity contribution in [3.05, 3.63) is 71.5 Å². The van der Waals surface area contributed by atoms with E-state index in [1.807, 2.05) is 37.3 Å². The van der Waals surface area contributed by atoms with Crippen LogP contribution in [0.15, 0.2) is 54.6 Å². The molecule has 0 aliphatic rings. The minimum absolute atomic E-state index is 0.144. The molecule has 2 aromatic carbocycles. The lowest BCUT2D eigenvalue weighted by atomic mass is 10.1. The predicted molar refractivity (Wildman–Crippen MR) is 95.2 cm³/mol. The average molecular weight is 342 g/mol. The topological polar surface area (TPSA) is 49.4 Å². The summed E-state index contributed by atoms with van der Waals surface area (Å²) >= 11 is 0. The van der Waals surface area contributed by atoms with E-state index in [9.17, 15) is 14.0 Å². The van der Waals surface area contributed by atoms with E-state index in [0.29, 0.717) is 6.54 Å². The van der Waals surface area contributed by atoms with E-state index in [-0.39, 0.29) is 30.6 Å². The lowest BCUT2D eigenvalue weighted by Crippen LogP contribution is -2.48. The van der Waals surface area contributed by atoms with Crippen molar-refractivity contribution in [3.8, 4) is 0 Å². The summed E-state index contributed by atoms with van der Waals surface area (Å²) in [6, 6.07) is 14.8. The van der Waals surface area contributed by atoms with Gasteiger partial charge in [0.1, 0.15) is 11.9 Å². The molecule has 0 spiro atoms. The first-order valence-electron chi connectivity index (χ1n) is 8.36. The number of amides is 2. The minimum Gasteiger partial charge on any atom is -0.355 e. The lowest BCUT2D eigenvalue weighted by Gasteiger charge is -2.28. The summed E-state index contributed by atoms with van der Waals surface area (Å²) < 4.78 is 13.1. The number of rotatable bonds is 7. The van der Waals surface area contributed by atoms with Gasteiger partial charge in [0.15, 0.2) is 0 Å². The molecule has 0 unspecified atom stereocenters. The number of carbonyl (C=O) groups is 2. The highest BCUT2D eigenvalue weighted by Gasteiger charge is 2.25. The molecular weight excluding hydrogens is 319 g/mol. The second kappa shape index (κ2) is 8.97. The van der Waals surface area contributed by atoms with E-state index in [4.69, 9.17) is 0 Å². The average Bonchev–Trinajstić information content (AvgIpc) is 2.61. The van der Waals surface area contributed by atoms with Crippen LogP contribution in [0.4, 0.5) is 4.39 Å². The summed E-state index contributed by atoms with van der Waals surface area (Å²) in [5, 5.41) is 2.75. The quantitative estimate of drug-likeness (QED) is 0.841. The van der Waals surface area contributed by atoms with Crippen molar-refractivity contribution in [3.63, 3.8) is 0 Å². The van der Waals surface area contributed by atoms with Gasteiger partial charge in [0, 0.05) is 13.1 Å². The van der Waals surface area contributed by atoms with Gasteiger partial charge in [-0.3, -0.25) is 9.59 Å². The largest absolute Gasteiger partial charge is 0.355 e. The van der Waals surface area contributed by atoms with Gasteiger partial charge in [-0.2, -0.15) is 0 Å². The fourth-order valence-electron chi connectivity index (χ4n) is 2.56. The van der Waals surface area contributed by atoms with Crippen molar-refractivity contribution < 1.29 is 14.0 Å². The van der Waals surface area contributed by atoms with Crippen LogP contribution < -0.4 is 5.32 Å². The number of nitrogens with one attached hydrogen (secondary N) is 1. The molecule has 25 heavy (non-hydrogen) atoms. The van der Waals surface area contributed by atoms with E-state index in [1.54, 1.807) is 19.1 Å². The van der Waals surface area contributed by atoms with Crippen molar-refractivity contribution in [2.45, 2.75) is 32.9 Å². The van der Waals surface area contributed by atoms with E-state index in [0.717, 1.165) is 11.1 Å². The van der Waals surface area contributed by atoms with E-state index in [2.05, 4.69) is 5.32 Å². The van der Waals surface area contributed by atoms with Crippen LogP contribution in [0.1, 0.15) is 25.0 Å². The standard InChI is InChI=1S/C20H23FN2O2/c1-3-22-20(25)15(2)23(14-17-9-11-18(21)12-10-17)19(24)13-16-7-5-4-6-8-16/h4-12,15H,3,13-14H2,1-2H3,(H,22,25)/t15-/m1/s1. The molecule has 132 valence electrons. The first-order valence-corrected chi connectivity index (χ1v) is 8.36. The molecule has 0 fully saturated rings. The van der Waals surface area contributed by atoms with Crippen molar-refractivity contribution >= 4 is 11.8 Å². The van der Waals surface area contributed by atoms with Crippen molar-refractivity contribution in [1.82, 2.24) is 10.2 Å². The Bertz CT molecular complexity index is 701. The van der Waals surface area contributed by atoms with Gasteiger partial charge in [-0.1, -0.05) is 42.5 Å². The molecule has 2 aromatic rings. The van der Waals surface area contributed by atoms with Gasteiger partial charge < -0.3 is 10.2 Å². The normalized spacial score (nSPS) is 11.6. The van der Waals surface area contributed by atoms with Crippen LogP contribution in [0, 0.1) is 5.82 Å². The molecule has 2 amide bonds. The van der Waals surface area contributed by atoms with Gasteiger partial charge >= 0.3 is 0 Å². The summed E-state index contributed by atoms with van der Waals surface area (Å²) in [5.74, 6) is -0.678. The van der Waals surface area contributed by atoms with Gasteiger partial charge in [0.25, 0.3) is 0 Å². The Hall–Kier alpha value is -2.69. The van der Waals surface area contributed by atoms with Crippen LogP contribution in [-0.2, 0) is 22.6 Å². The molecule has 1 N–H and O–H groups in total. The first-order chi connectivity index (χ1) is 12.0.